The fourth-order valence-electron chi connectivity index (χ4n) is 14.8. The Labute approximate surface area is 340 Å². The van der Waals surface area contributed by atoms with E-state index >= 15 is 0 Å². The van der Waals surface area contributed by atoms with Crippen LogP contribution >= 0.6 is 0 Å². The third-order valence-electron chi connectivity index (χ3n) is 18.8. The first kappa shape index (κ1) is 40.3. The highest BCUT2D eigenvalue weighted by molar-refractivity contribution is 5.74. The Hall–Kier alpha value is -3.48. The van der Waals surface area contributed by atoms with E-state index in [2.05, 4.69) is 46.8 Å². The van der Waals surface area contributed by atoms with E-state index in [4.69, 9.17) is 4.74 Å². The number of aromatic hydroxyl groups is 3. The van der Waals surface area contributed by atoms with Crippen LogP contribution in [0.3, 0.4) is 0 Å². The van der Waals surface area contributed by atoms with Gasteiger partial charge in [0, 0.05) is 17.3 Å². The SMILES string of the molecule is CCC(=O)OC1CCC2C3CCc4cc(O)ccc4C3CCC12C.Cc1c(O)c(O)cc2c1CC=C1C2(C)CCC2(C)C3CC(C)(C(=O)O)CCC3(C)CCC12C. The van der Waals surface area contributed by atoms with E-state index in [1.807, 2.05) is 39.0 Å². The van der Waals surface area contributed by atoms with Crippen LogP contribution in [0.25, 0.3) is 0 Å². The van der Waals surface area contributed by atoms with Crippen molar-refractivity contribution in [3.63, 3.8) is 0 Å². The molecule has 5 fully saturated rings. The van der Waals surface area contributed by atoms with Gasteiger partial charge in [0.25, 0.3) is 0 Å². The molecule has 11 atom stereocenters. The van der Waals surface area contributed by atoms with Crippen molar-refractivity contribution in [2.75, 3.05) is 0 Å². The predicted octanol–water partition coefficient (Wildman–Crippen LogP) is 11.2. The number of carbonyl (C=O) groups excluding carboxylic acids is 1. The molecule has 0 bridgehead atoms. The van der Waals surface area contributed by atoms with Gasteiger partial charge in [0.15, 0.2) is 11.5 Å². The molecule has 0 saturated heterocycles. The van der Waals surface area contributed by atoms with Crippen LogP contribution in [0, 0.1) is 51.8 Å². The first-order chi connectivity index (χ1) is 26.7. The lowest BCUT2D eigenvalue weighted by Gasteiger charge is -2.69. The number of fused-ring (bicyclic) bond motifs is 12. The number of ether oxygens (including phenoxy) is 1. The fraction of sp³-hybridized carbons (Fsp3) is 0.680. The van der Waals surface area contributed by atoms with Gasteiger partial charge in [0.05, 0.1) is 5.41 Å². The topological polar surface area (TPSA) is 124 Å². The van der Waals surface area contributed by atoms with Crippen LogP contribution < -0.4 is 0 Å². The van der Waals surface area contributed by atoms with Gasteiger partial charge in [-0.1, -0.05) is 59.3 Å². The van der Waals surface area contributed by atoms with Crippen LogP contribution in [-0.4, -0.2) is 38.5 Å². The zero-order chi connectivity index (χ0) is 41.1. The normalized spacial score (nSPS) is 41.2. The molecular formula is C50H68O7. The fourth-order valence-corrected chi connectivity index (χ4v) is 14.8. The largest absolute Gasteiger partial charge is 0.508 e. The highest BCUT2D eigenvalue weighted by atomic mass is 16.5. The number of phenolic OH excluding ortho intramolecular Hbond substituents is 3. The van der Waals surface area contributed by atoms with Gasteiger partial charge in [0.1, 0.15) is 11.9 Å². The maximum atomic E-state index is 12.3. The van der Waals surface area contributed by atoms with E-state index in [-0.39, 0.29) is 50.6 Å². The zero-order valence-electron chi connectivity index (χ0n) is 35.9. The van der Waals surface area contributed by atoms with E-state index in [0.717, 1.165) is 81.8 Å². The van der Waals surface area contributed by atoms with E-state index in [0.29, 0.717) is 35.8 Å². The zero-order valence-corrected chi connectivity index (χ0v) is 35.9. The van der Waals surface area contributed by atoms with Crippen molar-refractivity contribution in [3.05, 3.63) is 63.7 Å². The Morgan fingerprint density at radius 2 is 1.60 bits per heavy atom. The molecule has 0 aliphatic heterocycles. The number of allylic oxidation sites excluding steroid dienone is 2. The predicted molar refractivity (Wildman–Crippen MR) is 222 cm³/mol. The molecule has 7 aliphatic rings. The summed E-state index contributed by atoms with van der Waals surface area (Å²) in [6.45, 7) is 17.8. The Balaban J connectivity index is 0.000000168. The number of hydrogen-bond acceptors (Lipinski definition) is 6. The molecule has 4 N–H and O–H groups in total. The molecule has 0 radical (unpaired) electrons. The average Bonchev–Trinajstić information content (AvgIpc) is 3.51. The number of aliphatic carboxylic acids is 1. The van der Waals surface area contributed by atoms with Gasteiger partial charge in [-0.2, -0.15) is 0 Å². The number of aryl methyl sites for hydroxylation is 1. The molecule has 5 saturated carbocycles. The van der Waals surface area contributed by atoms with Crippen molar-refractivity contribution in [1.82, 2.24) is 0 Å². The second kappa shape index (κ2) is 13.5. The molecule has 7 heteroatoms. The van der Waals surface area contributed by atoms with Crippen LogP contribution in [0.1, 0.15) is 166 Å². The number of carboxylic acid groups (broad SMARTS) is 1. The molecule has 0 aromatic heterocycles. The molecule has 11 unspecified atom stereocenters. The second-order valence-corrected chi connectivity index (χ2v) is 21.3. The molecular weight excluding hydrogens is 713 g/mol. The number of benzene rings is 2. The summed E-state index contributed by atoms with van der Waals surface area (Å²) in [4.78, 5) is 24.1. The lowest BCUT2D eigenvalue weighted by Crippen LogP contribution is -2.62. The van der Waals surface area contributed by atoms with Gasteiger partial charge in [0.2, 0.25) is 0 Å². The summed E-state index contributed by atoms with van der Waals surface area (Å²) in [6.07, 6.45) is 17.4. The van der Waals surface area contributed by atoms with Gasteiger partial charge in [-0.25, -0.2) is 0 Å². The second-order valence-electron chi connectivity index (χ2n) is 21.3. The summed E-state index contributed by atoms with van der Waals surface area (Å²) in [5.41, 5.74) is 6.96. The van der Waals surface area contributed by atoms with Gasteiger partial charge >= 0.3 is 11.9 Å². The highest BCUT2D eigenvalue weighted by Crippen LogP contribution is 2.75. The first-order valence-corrected chi connectivity index (χ1v) is 22.3. The van der Waals surface area contributed by atoms with Crippen molar-refractivity contribution >= 4 is 11.9 Å². The summed E-state index contributed by atoms with van der Waals surface area (Å²) in [5, 5.41) is 40.7. The lowest BCUT2D eigenvalue weighted by molar-refractivity contribution is -0.177. The Morgan fingerprint density at radius 1 is 0.860 bits per heavy atom. The molecule has 2 aromatic rings. The maximum Gasteiger partial charge on any atom is 0.309 e. The molecule has 0 amide bonds. The number of esters is 1. The average molecular weight is 781 g/mol. The van der Waals surface area contributed by atoms with Crippen LogP contribution in [0.5, 0.6) is 17.2 Å². The minimum atomic E-state index is -0.641. The van der Waals surface area contributed by atoms with Crippen LogP contribution in [0.2, 0.25) is 0 Å². The number of rotatable bonds is 3. The van der Waals surface area contributed by atoms with Gasteiger partial charge < -0.3 is 25.2 Å². The first-order valence-electron chi connectivity index (χ1n) is 22.3. The third-order valence-corrected chi connectivity index (χ3v) is 18.8. The minimum Gasteiger partial charge on any atom is -0.508 e. The van der Waals surface area contributed by atoms with Gasteiger partial charge in [-0.15, -0.1) is 0 Å². The number of carbonyl (C=O) groups is 2. The molecule has 9 rings (SSSR count). The number of phenols is 3. The quantitative estimate of drug-likeness (QED) is 0.139. The monoisotopic (exact) mass is 780 g/mol. The summed E-state index contributed by atoms with van der Waals surface area (Å²) >= 11 is 0. The maximum absolute atomic E-state index is 12.3. The molecule has 0 heterocycles. The van der Waals surface area contributed by atoms with E-state index < -0.39 is 11.4 Å². The van der Waals surface area contributed by atoms with E-state index in [1.54, 1.807) is 0 Å². The standard InChI is InChI=1S/C29H40O4.C21H28O3/c1-17-18-7-8-21-27(4,19(18)15-20(30)23(17)31)12-14-29(6)22-16-26(3,24(32)33)10-9-25(22,2)11-13-28(21,29)5;1-3-20(23)24-19-9-8-18-17-6-4-13-12-14(22)5-7-15(13)16(17)10-11-21(18,19)2/h8,15,22,30-31H,7,9-14,16H2,1-6H3,(H,32,33);5,7,12,16-19,22H,3-4,6,8-11H2,1-2H3. The lowest BCUT2D eigenvalue weighted by atomic mass is 9.34. The van der Waals surface area contributed by atoms with Gasteiger partial charge in [-0.3, -0.25) is 9.59 Å². The molecule has 0 spiro atoms. The third kappa shape index (κ3) is 5.84. The smallest absolute Gasteiger partial charge is 0.309 e. The van der Waals surface area contributed by atoms with Crippen molar-refractivity contribution in [1.29, 1.82) is 0 Å². The van der Waals surface area contributed by atoms with Crippen molar-refractivity contribution in [2.45, 2.75) is 169 Å². The Bertz CT molecular complexity index is 2020. The summed E-state index contributed by atoms with van der Waals surface area (Å²) in [5.74, 6) is 2.04. The van der Waals surface area contributed by atoms with E-state index in [9.17, 15) is 30.0 Å². The van der Waals surface area contributed by atoms with Crippen molar-refractivity contribution in [2.24, 2.45) is 44.8 Å². The van der Waals surface area contributed by atoms with Crippen LogP contribution in [0.15, 0.2) is 35.9 Å². The molecule has 7 nitrogen and oxygen atoms in total. The molecule has 7 aliphatic carbocycles. The molecule has 310 valence electrons. The highest BCUT2D eigenvalue weighted by Gasteiger charge is 2.67. The van der Waals surface area contributed by atoms with Crippen LogP contribution in [-0.2, 0) is 32.6 Å². The van der Waals surface area contributed by atoms with E-state index in [1.165, 1.54) is 41.5 Å². The Morgan fingerprint density at radius 3 is 2.32 bits per heavy atom. The molecule has 2 aromatic carbocycles. The minimum absolute atomic E-state index is 0.00431. The summed E-state index contributed by atoms with van der Waals surface area (Å²) < 4.78 is 5.83. The molecule has 57 heavy (non-hydrogen) atoms. The van der Waals surface area contributed by atoms with Crippen molar-refractivity contribution in [3.8, 4) is 17.2 Å². The summed E-state index contributed by atoms with van der Waals surface area (Å²) in [6, 6.07) is 7.76. The van der Waals surface area contributed by atoms with Crippen molar-refractivity contribution < 1.29 is 34.8 Å². The number of hydrogen-bond donors (Lipinski definition) is 4. The summed E-state index contributed by atoms with van der Waals surface area (Å²) in [7, 11) is 0. The number of carboxylic acids is 1. The van der Waals surface area contributed by atoms with Gasteiger partial charge in [-0.05, 0) is 190 Å². The van der Waals surface area contributed by atoms with Crippen LogP contribution in [0.4, 0.5) is 0 Å². The Kier molecular flexibility index (Phi) is 9.56.